The second-order valence-corrected chi connectivity index (χ2v) is 12.1. The largest absolute Gasteiger partial charge is 0.481 e. The first-order chi connectivity index (χ1) is 22.2. The lowest BCUT2D eigenvalue weighted by Crippen LogP contribution is -2.43. The van der Waals surface area contributed by atoms with Crippen molar-refractivity contribution in [3.8, 4) is 0 Å². The summed E-state index contributed by atoms with van der Waals surface area (Å²) >= 11 is 6.24. The lowest BCUT2D eigenvalue weighted by Gasteiger charge is -2.36. The molecule has 0 aromatic heterocycles. The fourth-order valence-corrected chi connectivity index (χ4v) is 6.11. The molecule has 0 aliphatic carbocycles. The van der Waals surface area contributed by atoms with Gasteiger partial charge in [0.25, 0.3) is 0 Å². The van der Waals surface area contributed by atoms with Gasteiger partial charge in [-0.1, -0.05) is 109 Å². The van der Waals surface area contributed by atoms with Crippen LogP contribution in [-0.2, 0) is 20.9 Å². The van der Waals surface area contributed by atoms with E-state index in [9.17, 15) is 24.6 Å². The number of rotatable bonds is 13. The normalized spacial score (nSPS) is 13.4. The number of aliphatic carboxylic acids is 2. The molecule has 0 aliphatic rings. The van der Waals surface area contributed by atoms with Gasteiger partial charge >= 0.3 is 11.9 Å². The van der Waals surface area contributed by atoms with Crippen LogP contribution in [0.1, 0.15) is 48.8 Å². The zero-order valence-corrected chi connectivity index (χ0v) is 26.3. The molecular formula is C39H36ClNO5. The van der Waals surface area contributed by atoms with Crippen molar-refractivity contribution in [2.45, 2.75) is 44.7 Å². The average Bonchev–Trinajstić information content (AvgIpc) is 3.05. The third-order valence-electron chi connectivity index (χ3n) is 8.52. The molecule has 0 saturated heterocycles. The van der Waals surface area contributed by atoms with Crippen molar-refractivity contribution in [3.05, 3.63) is 137 Å². The van der Waals surface area contributed by atoms with Gasteiger partial charge < -0.3 is 15.1 Å². The van der Waals surface area contributed by atoms with Crippen molar-refractivity contribution >= 4 is 57.1 Å². The number of fused-ring (bicyclic) bond motifs is 2. The maximum absolute atomic E-state index is 14.0. The van der Waals surface area contributed by atoms with Crippen molar-refractivity contribution < 1.29 is 24.6 Å². The van der Waals surface area contributed by atoms with Crippen molar-refractivity contribution in [1.29, 1.82) is 0 Å². The Morgan fingerprint density at radius 3 is 2.00 bits per heavy atom. The molecule has 0 bridgehead atoms. The topological polar surface area (TPSA) is 94.9 Å². The van der Waals surface area contributed by atoms with Crippen LogP contribution in [0, 0.1) is 5.92 Å². The summed E-state index contributed by atoms with van der Waals surface area (Å²) in [7, 11) is 0. The zero-order valence-electron chi connectivity index (χ0n) is 25.6. The number of hydrogen-bond acceptors (Lipinski definition) is 3. The Hall–Kier alpha value is -4.94. The monoisotopic (exact) mass is 633 g/mol. The van der Waals surface area contributed by atoms with E-state index in [1.54, 1.807) is 4.90 Å². The summed E-state index contributed by atoms with van der Waals surface area (Å²) in [6.07, 6.45) is 3.72. The highest BCUT2D eigenvalue weighted by Crippen LogP contribution is 2.32. The second-order valence-electron chi connectivity index (χ2n) is 11.7. The van der Waals surface area contributed by atoms with E-state index in [2.05, 4.69) is 42.5 Å². The zero-order chi connectivity index (χ0) is 32.6. The predicted octanol–water partition coefficient (Wildman–Crippen LogP) is 8.82. The van der Waals surface area contributed by atoms with Crippen molar-refractivity contribution in [3.63, 3.8) is 0 Å². The molecule has 1 amide bonds. The minimum absolute atomic E-state index is 0.166. The van der Waals surface area contributed by atoms with E-state index in [-0.39, 0.29) is 18.5 Å². The van der Waals surface area contributed by atoms with Crippen LogP contribution in [-0.4, -0.2) is 39.0 Å². The van der Waals surface area contributed by atoms with Gasteiger partial charge in [-0.15, -0.1) is 0 Å². The summed E-state index contributed by atoms with van der Waals surface area (Å²) in [5, 5.41) is 24.1. The van der Waals surface area contributed by atoms with Crippen LogP contribution < -0.4 is 0 Å². The minimum atomic E-state index is -1.34. The average molecular weight is 634 g/mol. The van der Waals surface area contributed by atoms with Crippen LogP contribution in [0.25, 0.3) is 27.6 Å². The van der Waals surface area contributed by atoms with Crippen LogP contribution in [0.15, 0.2) is 115 Å². The molecule has 3 atom stereocenters. The van der Waals surface area contributed by atoms with Crippen molar-refractivity contribution in [2.24, 2.45) is 5.92 Å². The number of benzene rings is 5. The van der Waals surface area contributed by atoms with E-state index >= 15 is 0 Å². The smallest absolute Gasteiger partial charge is 0.307 e. The first kappa shape index (κ1) is 32.5. The highest BCUT2D eigenvalue weighted by atomic mass is 35.5. The molecule has 5 aromatic carbocycles. The summed E-state index contributed by atoms with van der Waals surface area (Å²) in [5.41, 5.74) is 2.94. The standard InChI is InChI=1S/C39H36ClNO5/c1-26(36(31-17-19-35(40)20-18-31)12-6-7-27-13-15-29-8-2-4-10-32(29)21-27)41(37(42)23-34(39(45)46)24-38(43)44)25-28-14-16-30-9-3-5-11-33(30)22-28/h2-11,13-22,26,34,36H,12,23-25H2,1H3,(H,43,44)(H,45,46)/t26-,34-,36+/m0/s1. The van der Waals surface area contributed by atoms with Gasteiger partial charge in [-0.2, -0.15) is 0 Å². The maximum Gasteiger partial charge on any atom is 0.307 e. The Bertz CT molecular complexity index is 1880. The molecule has 0 fully saturated rings. The van der Waals surface area contributed by atoms with Crippen LogP contribution in [0.4, 0.5) is 0 Å². The molecule has 234 valence electrons. The molecule has 2 N–H and O–H groups in total. The third-order valence-corrected chi connectivity index (χ3v) is 8.78. The highest BCUT2D eigenvalue weighted by Gasteiger charge is 2.32. The number of carboxylic acid groups (broad SMARTS) is 2. The SMILES string of the molecule is C[C@@H]([C@@H](CC=Cc1ccc2ccccc2c1)c1ccc(Cl)cc1)N(Cc1ccc2ccccc2c1)C(=O)C[C@@H](CC(=O)O)C(=O)O. The molecule has 0 spiro atoms. The lowest BCUT2D eigenvalue weighted by molar-refractivity contribution is -0.151. The Morgan fingerprint density at radius 1 is 0.761 bits per heavy atom. The van der Waals surface area contributed by atoms with Crippen LogP contribution in [0.3, 0.4) is 0 Å². The Morgan fingerprint density at radius 2 is 1.37 bits per heavy atom. The summed E-state index contributed by atoms with van der Waals surface area (Å²) in [6, 6.07) is 35.6. The highest BCUT2D eigenvalue weighted by molar-refractivity contribution is 6.30. The molecule has 46 heavy (non-hydrogen) atoms. The number of hydrogen-bond donors (Lipinski definition) is 2. The third kappa shape index (κ3) is 8.20. The van der Waals surface area contributed by atoms with E-state index in [1.807, 2.05) is 85.8 Å². The summed E-state index contributed by atoms with van der Waals surface area (Å²) < 4.78 is 0. The predicted molar refractivity (Wildman–Crippen MR) is 184 cm³/mol. The maximum atomic E-state index is 14.0. The van der Waals surface area contributed by atoms with Crippen molar-refractivity contribution in [2.75, 3.05) is 0 Å². The number of carboxylic acids is 2. The molecule has 7 heteroatoms. The minimum Gasteiger partial charge on any atom is -0.481 e. The quantitative estimate of drug-likeness (QED) is 0.135. The first-order valence-electron chi connectivity index (χ1n) is 15.3. The van der Waals surface area contributed by atoms with Gasteiger partial charge in [0.15, 0.2) is 0 Å². The van der Waals surface area contributed by atoms with Gasteiger partial charge in [0, 0.05) is 29.9 Å². The molecule has 0 aliphatic heterocycles. The van der Waals surface area contributed by atoms with E-state index in [0.717, 1.165) is 38.2 Å². The fourth-order valence-electron chi connectivity index (χ4n) is 5.98. The van der Waals surface area contributed by atoms with Gasteiger partial charge in [-0.3, -0.25) is 14.4 Å². The number of nitrogens with zero attached hydrogens (tertiary/aromatic N) is 1. The van der Waals surface area contributed by atoms with Gasteiger partial charge in [0.1, 0.15) is 0 Å². The lowest BCUT2D eigenvalue weighted by atomic mass is 9.87. The van der Waals surface area contributed by atoms with E-state index < -0.39 is 36.6 Å². The van der Waals surface area contributed by atoms with Gasteiger partial charge in [-0.05, 0) is 75.8 Å². The van der Waals surface area contributed by atoms with Crippen LogP contribution in [0.5, 0.6) is 0 Å². The molecule has 0 unspecified atom stereocenters. The fraction of sp³-hybridized carbons (Fsp3) is 0.205. The molecule has 0 radical (unpaired) electrons. The van der Waals surface area contributed by atoms with Crippen molar-refractivity contribution in [1.82, 2.24) is 4.90 Å². The molecule has 0 saturated carbocycles. The first-order valence-corrected chi connectivity index (χ1v) is 15.7. The molecule has 0 heterocycles. The number of allylic oxidation sites excluding steroid dienone is 1. The van der Waals surface area contributed by atoms with Crippen LogP contribution in [0.2, 0.25) is 5.02 Å². The Labute approximate surface area is 273 Å². The number of carbonyl (C=O) groups is 3. The van der Waals surface area contributed by atoms with E-state index in [0.29, 0.717) is 11.4 Å². The molecule has 5 aromatic rings. The van der Waals surface area contributed by atoms with E-state index in [1.165, 1.54) is 0 Å². The molecule has 5 rings (SSSR count). The molecule has 6 nitrogen and oxygen atoms in total. The van der Waals surface area contributed by atoms with E-state index in [4.69, 9.17) is 11.6 Å². The molecular weight excluding hydrogens is 598 g/mol. The Balaban J connectivity index is 1.48. The van der Waals surface area contributed by atoms with Gasteiger partial charge in [-0.25, -0.2) is 0 Å². The summed E-state index contributed by atoms with van der Waals surface area (Å²) in [5.74, 6) is -4.47. The van der Waals surface area contributed by atoms with Crippen LogP contribution >= 0.6 is 11.6 Å². The second kappa shape index (κ2) is 14.9. The van der Waals surface area contributed by atoms with Gasteiger partial charge in [0.2, 0.25) is 5.91 Å². The number of halogens is 1. The van der Waals surface area contributed by atoms with Gasteiger partial charge in [0.05, 0.1) is 12.3 Å². The Kier molecular flexibility index (Phi) is 10.5. The summed E-state index contributed by atoms with van der Waals surface area (Å²) in [6.45, 7) is 2.21. The summed E-state index contributed by atoms with van der Waals surface area (Å²) in [4.78, 5) is 39.1. The number of carbonyl (C=O) groups excluding carboxylic acids is 1. The number of amides is 1.